The molecule has 0 aliphatic heterocycles. The smallest absolute Gasteiger partial charge is 0.412 e. The summed E-state index contributed by atoms with van der Waals surface area (Å²) in [6.45, 7) is 5.43. The number of ether oxygens (including phenoxy) is 1. The average molecular weight is 299 g/mol. The molecule has 0 aromatic heterocycles. The molecule has 1 atom stereocenters. The molecule has 2 aromatic rings. The summed E-state index contributed by atoms with van der Waals surface area (Å²) in [6, 6.07) is 16.5. The van der Waals surface area contributed by atoms with Crippen molar-refractivity contribution in [3.63, 3.8) is 0 Å². The molecule has 1 amide bonds. The number of hydrogen-bond donors (Lipinski definition) is 2. The van der Waals surface area contributed by atoms with Gasteiger partial charge in [-0.3, -0.25) is 5.32 Å². The van der Waals surface area contributed by atoms with Crippen LogP contribution in [0.2, 0.25) is 0 Å². The summed E-state index contributed by atoms with van der Waals surface area (Å²) in [5.74, 6) is 0. The third-order valence-electron chi connectivity index (χ3n) is 2.99. The maximum absolute atomic E-state index is 11.7. The van der Waals surface area contributed by atoms with Crippen LogP contribution in [0.5, 0.6) is 0 Å². The fraction of sp³-hybridized carbons (Fsp3) is 0.278. The summed E-state index contributed by atoms with van der Waals surface area (Å²) in [6.07, 6.45) is -1.18. The number of rotatable bonds is 3. The Hall–Kier alpha value is -2.33. The minimum atomic E-state index is -0.684. The molecule has 2 N–H and O–H groups in total. The van der Waals surface area contributed by atoms with Gasteiger partial charge in [-0.05, 0) is 44.0 Å². The van der Waals surface area contributed by atoms with E-state index < -0.39 is 17.8 Å². The van der Waals surface area contributed by atoms with E-state index in [-0.39, 0.29) is 0 Å². The Kier molecular flexibility index (Phi) is 4.83. The van der Waals surface area contributed by atoms with Crippen molar-refractivity contribution in [2.24, 2.45) is 0 Å². The van der Waals surface area contributed by atoms with Crippen LogP contribution in [-0.4, -0.2) is 16.8 Å². The zero-order valence-electron chi connectivity index (χ0n) is 13.0. The van der Waals surface area contributed by atoms with Crippen LogP contribution in [0.3, 0.4) is 0 Å². The molecule has 0 radical (unpaired) electrons. The van der Waals surface area contributed by atoms with Gasteiger partial charge in [0.15, 0.2) is 0 Å². The van der Waals surface area contributed by atoms with Gasteiger partial charge in [0.1, 0.15) is 11.7 Å². The minimum absolute atomic E-state index is 0.496. The van der Waals surface area contributed by atoms with Crippen molar-refractivity contribution < 1.29 is 14.6 Å². The summed E-state index contributed by atoms with van der Waals surface area (Å²) in [7, 11) is 0. The van der Waals surface area contributed by atoms with Crippen molar-refractivity contribution in [3.8, 4) is 0 Å². The molecule has 0 fully saturated rings. The van der Waals surface area contributed by atoms with Crippen molar-refractivity contribution >= 4 is 11.8 Å². The van der Waals surface area contributed by atoms with Crippen LogP contribution in [0.25, 0.3) is 0 Å². The normalized spacial score (nSPS) is 12.5. The van der Waals surface area contributed by atoms with Gasteiger partial charge in [0.25, 0.3) is 0 Å². The molecule has 0 saturated carbocycles. The Morgan fingerprint density at radius 3 is 2.09 bits per heavy atom. The van der Waals surface area contributed by atoms with Crippen molar-refractivity contribution in [2.75, 3.05) is 5.32 Å². The van der Waals surface area contributed by atoms with Gasteiger partial charge < -0.3 is 9.84 Å². The lowest BCUT2D eigenvalue weighted by Crippen LogP contribution is -2.27. The highest BCUT2D eigenvalue weighted by atomic mass is 16.6. The number of anilines is 1. The first-order valence-electron chi connectivity index (χ1n) is 7.18. The van der Waals surface area contributed by atoms with E-state index >= 15 is 0 Å². The van der Waals surface area contributed by atoms with E-state index in [0.717, 1.165) is 11.1 Å². The summed E-state index contributed by atoms with van der Waals surface area (Å²) in [4.78, 5) is 11.7. The molecular formula is C18H21NO3. The Balaban J connectivity index is 2.03. The van der Waals surface area contributed by atoms with E-state index in [1.807, 2.05) is 51.1 Å². The maximum Gasteiger partial charge on any atom is 0.412 e. The highest BCUT2D eigenvalue weighted by molar-refractivity contribution is 5.84. The molecule has 0 aliphatic rings. The number of nitrogens with one attached hydrogen (secondary N) is 1. The molecule has 2 aromatic carbocycles. The van der Waals surface area contributed by atoms with E-state index in [4.69, 9.17) is 4.74 Å². The number of carbonyl (C=O) groups excluding carboxylic acids is 1. The molecule has 116 valence electrons. The molecule has 22 heavy (non-hydrogen) atoms. The van der Waals surface area contributed by atoms with Gasteiger partial charge in [0.2, 0.25) is 0 Å². The van der Waals surface area contributed by atoms with Gasteiger partial charge in [-0.25, -0.2) is 4.79 Å². The van der Waals surface area contributed by atoms with Crippen molar-refractivity contribution in [1.82, 2.24) is 0 Å². The molecule has 0 heterocycles. The molecule has 4 nitrogen and oxygen atoms in total. The fourth-order valence-electron chi connectivity index (χ4n) is 2.00. The first-order valence-corrected chi connectivity index (χ1v) is 7.18. The fourth-order valence-corrected chi connectivity index (χ4v) is 2.00. The number of aliphatic hydroxyl groups is 1. The lowest BCUT2D eigenvalue weighted by atomic mass is 10.0. The number of benzene rings is 2. The Labute approximate surface area is 130 Å². The Morgan fingerprint density at radius 1 is 1.00 bits per heavy atom. The van der Waals surface area contributed by atoms with Crippen LogP contribution in [-0.2, 0) is 4.74 Å². The Bertz CT molecular complexity index is 615. The lowest BCUT2D eigenvalue weighted by molar-refractivity contribution is 0.0636. The predicted molar refractivity (Wildman–Crippen MR) is 86.8 cm³/mol. The molecule has 0 saturated heterocycles. The van der Waals surface area contributed by atoms with Gasteiger partial charge in [0.05, 0.1) is 0 Å². The van der Waals surface area contributed by atoms with E-state index in [0.29, 0.717) is 5.69 Å². The summed E-state index contributed by atoms with van der Waals surface area (Å²) < 4.78 is 5.19. The van der Waals surface area contributed by atoms with Crippen LogP contribution in [0.15, 0.2) is 54.6 Å². The van der Waals surface area contributed by atoms with Crippen LogP contribution in [0.4, 0.5) is 10.5 Å². The first-order chi connectivity index (χ1) is 10.3. The summed E-state index contributed by atoms with van der Waals surface area (Å²) in [5, 5.41) is 13.0. The van der Waals surface area contributed by atoms with E-state index in [9.17, 15) is 9.90 Å². The zero-order chi connectivity index (χ0) is 16.2. The van der Waals surface area contributed by atoms with Crippen molar-refractivity contribution in [2.45, 2.75) is 32.5 Å². The van der Waals surface area contributed by atoms with Crippen LogP contribution < -0.4 is 5.32 Å². The monoisotopic (exact) mass is 299 g/mol. The third-order valence-corrected chi connectivity index (χ3v) is 2.99. The van der Waals surface area contributed by atoms with Crippen LogP contribution >= 0.6 is 0 Å². The second kappa shape index (κ2) is 6.62. The van der Waals surface area contributed by atoms with E-state index in [2.05, 4.69) is 5.32 Å². The van der Waals surface area contributed by atoms with Gasteiger partial charge in [-0.1, -0.05) is 42.5 Å². The molecule has 0 spiro atoms. The van der Waals surface area contributed by atoms with Gasteiger partial charge in [-0.15, -0.1) is 0 Å². The largest absolute Gasteiger partial charge is 0.444 e. The van der Waals surface area contributed by atoms with Gasteiger partial charge in [0, 0.05) is 5.69 Å². The number of hydrogen-bond acceptors (Lipinski definition) is 3. The molecule has 1 unspecified atom stereocenters. The molecular weight excluding hydrogens is 278 g/mol. The topological polar surface area (TPSA) is 58.6 Å². The second-order valence-corrected chi connectivity index (χ2v) is 6.06. The van der Waals surface area contributed by atoms with E-state index in [1.54, 1.807) is 24.3 Å². The summed E-state index contributed by atoms with van der Waals surface area (Å²) >= 11 is 0. The average Bonchev–Trinajstić information content (AvgIpc) is 2.46. The van der Waals surface area contributed by atoms with Gasteiger partial charge in [-0.2, -0.15) is 0 Å². The molecule has 2 rings (SSSR count). The van der Waals surface area contributed by atoms with E-state index in [1.165, 1.54) is 0 Å². The molecule has 0 bridgehead atoms. The van der Waals surface area contributed by atoms with Gasteiger partial charge >= 0.3 is 6.09 Å². The maximum atomic E-state index is 11.7. The SMILES string of the molecule is CC(C)(C)OC(=O)Nc1ccc(C(O)c2ccccc2)cc1. The number of amides is 1. The number of aliphatic hydroxyl groups excluding tert-OH is 1. The summed E-state index contributed by atoms with van der Waals surface area (Å²) in [5.41, 5.74) is 1.68. The first kappa shape index (κ1) is 16.0. The lowest BCUT2D eigenvalue weighted by Gasteiger charge is -2.19. The van der Waals surface area contributed by atoms with Crippen LogP contribution in [0.1, 0.15) is 38.0 Å². The Morgan fingerprint density at radius 2 is 1.55 bits per heavy atom. The molecule has 4 heteroatoms. The van der Waals surface area contributed by atoms with Crippen LogP contribution in [0, 0.1) is 0 Å². The number of carbonyl (C=O) groups is 1. The standard InChI is InChI=1S/C18H21NO3/c1-18(2,3)22-17(21)19-15-11-9-14(10-12-15)16(20)13-7-5-4-6-8-13/h4-12,16,20H,1-3H3,(H,19,21). The zero-order valence-corrected chi connectivity index (χ0v) is 13.0. The molecule has 0 aliphatic carbocycles. The minimum Gasteiger partial charge on any atom is -0.444 e. The predicted octanol–water partition coefficient (Wildman–Crippen LogP) is 4.12. The highest BCUT2D eigenvalue weighted by Crippen LogP contribution is 2.23. The van der Waals surface area contributed by atoms with Crippen molar-refractivity contribution in [3.05, 3.63) is 65.7 Å². The highest BCUT2D eigenvalue weighted by Gasteiger charge is 2.16. The van der Waals surface area contributed by atoms with Crippen molar-refractivity contribution in [1.29, 1.82) is 0 Å². The third kappa shape index (κ3) is 4.60. The second-order valence-electron chi connectivity index (χ2n) is 6.06. The quantitative estimate of drug-likeness (QED) is 0.896.